The van der Waals surface area contributed by atoms with Crippen LogP contribution in [0.25, 0.3) is 0 Å². The minimum absolute atomic E-state index is 0.191. The fourth-order valence-electron chi connectivity index (χ4n) is 0.523. The number of aliphatic hydroxyl groups excluding tert-OH is 1. The summed E-state index contributed by atoms with van der Waals surface area (Å²) in [6.07, 6.45) is -0.326. The maximum atomic E-state index is 9.04. The van der Waals surface area contributed by atoms with Gasteiger partial charge >= 0.3 is 0 Å². The average Bonchev–Trinajstić information content (AvgIpc) is 1.99. The second-order valence-corrected chi connectivity index (χ2v) is 3.17. The van der Waals surface area contributed by atoms with E-state index < -0.39 is 6.10 Å². The highest BCUT2D eigenvalue weighted by Crippen LogP contribution is 2.04. The molecular formula is C8H19NO2. The van der Waals surface area contributed by atoms with Crippen molar-refractivity contribution in [2.24, 2.45) is 11.7 Å². The highest BCUT2D eigenvalue weighted by atomic mass is 16.5. The quantitative estimate of drug-likeness (QED) is 0.612. The predicted molar refractivity (Wildman–Crippen MR) is 45.3 cm³/mol. The Morgan fingerprint density at radius 3 is 2.27 bits per heavy atom. The summed E-state index contributed by atoms with van der Waals surface area (Å²) in [5, 5.41) is 9.04. The maximum absolute atomic E-state index is 9.04. The lowest BCUT2D eigenvalue weighted by Gasteiger charge is -2.18. The summed E-state index contributed by atoms with van der Waals surface area (Å²) >= 11 is 0. The van der Waals surface area contributed by atoms with Gasteiger partial charge < -0.3 is 15.6 Å². The first-order chi connectivity index (χ1) is 5.07. The Kier molecular flexibility index (Phi) is 5.46. The van der Waals surface area contributed by atoms with Crippen molar-refractivity contribution in [3.05, 3.63) is 0 Å². The van der Waals surface area contributed by atoms with Crippen LogP contribution in [0.2, 0.25) is 0 Å². The summed E-state index contributed by atoms with van der Waals surface area (Å²) in [5.74, 6) is 0.486. The summed E-state index contributed by atoms with van der Waals surface area (Å²) in [5.41, 5.74) is 5.20. The molecule has 11 heavy (non-hydrogen) atoms. The lowest BCUT2D eigenvalue weighted by Crippen LogP contribution is -2.28. The van der Waals surface area contributed by atoms with Gasteiger partial charge in [-0.25, -0.2) is 0 Å². The van der Waals surface area contributed by atoms with Gasteiger partial charge in [-0.05, 0) is 12.8 Å². The molecular weight excluding hydrogens is 142 g/mol. The van der Waals surface area contributed by atoms with Crippen LogP contribution in [0.4, 0.5) is 0 Å². The number of rotatable bonds is 5. The van der Waals surface area contributed by atoms with E-state index in [4.69, 9.17) is 15.6 Å². The molecule has 0 fully saturated rings. The van der Waals surface area contributed by atoms with E-state index in [-0.39, 0.29) is 12.6 Å². The second-order valence-electron chi connectivity index (χ2n) is 3.17. The molecule has 0 aliphatic rings. The van der Waals surface area contributed by atoms with E-state index in [9.17, 15) is 0 Å². The zero-order valence-electron chi connectivity index (χ0n) is 7.58. The first kappa shape index (κ1) is 10.9. The first-order valence-corrected chi connectivity index (χ1v) is 4.07. The summed E-state index contributed by atoms with van der Waals surface area (Å²) in [7, 11) is 0. The molecule has 0 bridgehead atoms. The lowest BCUT2D eigenvalue weighted by molar-refractivity contribution is -0.0166. The van der Waals surface area contributed by atoms with Gasteiger partial charge in [0.25, 0.3) is 0 Å². The van der Waals surface area contributed by atoms with Crippen molar-refractivity contribution >= 4 is 0 Å². The molecule has 0 aromatic rings. The molecule has 0 aliphatic carbocycles. The molecule has 3 N–H and O–H groups in total. The molecule has 0 aliphatic heterocycles. The Bertz CT molecular complexity index is 96.1. The van der Waals surface area contributed by atoms with Crippen molar-refractivity contribution in [1.29, 1.82) is 0 Å². The van der Waals surface area contributed by atoms with Crippen molar-refractivity contribution < 1.29 is 9.84 Å². The average molecular weight is 161 g/mol. The number of aliphatic hydroxyl groups is 1. The van der Waals surface area contributed by atoms with Crippen LogP contribution in [-0.4, -0.2) is 30.5 Å². The second kappa shape index (κ2) is 5.52. The molecule has 0 aromatic heterocycles. The van der Waals surface area contributed by atoms with Crippen LogP contribution >= 0.6 is 0 Å². The monoisotopic (exact) mass is 161 g/mol. The maximum Gasteiger partial charge on any atom is 0.0895 e. The highest BCUT2D eigenvalue weighted by Gasteiger charge is 2.09. The fraction of sp³-hybridized carbons (Fsp3) is 1.00. The third-order valence-corrected chi connectivity index (χ3v) is 1.76. The van der Waals surface area contributed by atoms with Gasteiger partial charge in [0, 0.05) is 6.54 Å². The topological polar surface area (TPSA) is 55.5 Å². The van der Waals surface area contributed by atoms with Crippen LogP contribution in [-0.2, 0) is 4.74 Å². The van der Waals surface area contributed by atoms with Gasteiger partial charge in [0.2, 0.25) is 0 Å². The summed E-state index contributed by atoms with van der Waals surface area (Å²) in [6.45, 7) is 6.77. The number of ether oxygens (including phenoxy) is 1. The molecule has 0 aromatic carbocycles. The third-order valence-electron chi connectivity index (χ3n) is 1.76. The Morgan fingerprint density at radius 1 is 1.36 bits per heavy atom. The van der Waals surface area contributed by atoms with Crippen molar-refractivity contribution in [1.82, 2.24) is 0 Å². The predicted octanol–water partition coefficient (Wildman–Crippen LogP) is 0.367. The van der Waals surface area contributed by atoms with Crippen LogP contribution in [0.15, 0.2) is 0 Å². The van der Waals surface area contributed by atoms with E-state index in [1.165, 1.54) is 0 Å². The van der Waals surface area contributed by atoms with Crippen molar-refractivity contribution in [3.8, 4) is 0 Å². The summed E-state index contributed by atoms with van der Waals surface area (Å²) in [4.78, 5) is 0. The van der Waals surface area contributed by atoms with E-state index in [1.54, 1.807) is 0 Å². The van der Waals surface area contributed by atoms with E-state index in [1.807, 2.05) is 6.92 Å². The van der Waals surface area contributed by atoms with Crippen molar-refractivity contribution in [3.63, 3.8) is 0 Å². The number of nitrogens with two attached hydrogens (primary N) is 1. The molecule has 2 unspecified atom stereocenters. The minimum atomic E-state index is -0.517. The normalized spacial score (nSPS) is 16.9. The summed E-state index contributed by atoms with van der Waals surface area (Å²) < 4.78 is 5.33. The van der Waals surface area contributed by atoms with Gasteiger partial charge in [-0.2, -0.15) is 0 Å². The van der Waals surface area contributed by atoms with E-state index in [2.05, 4.69) is 13.8 Å². The standard InChI is InChI=1S/C8H19NO2/c1-6(2)7(3)11-5-8(10)4-9/h6-8,10H,4-5,9H2,1-3H3. The van der Waals surface area contributed by atoms with Gasteiger partial charge in [-0.3, -0.25) is 0 Å². The van der Waals surface area contributed by atoms with Gasteiger partial charge in [0.05, 0.1) is 18.8 Å². The molecule has 68 valence electrons. The molecule has 0 spiro atoms. The Labute approximate surface area is 68.5 Å². The Morgan fingerprint density at radius 2 is 1.91 bits per heavy atom. The number of hydrogen-bond acceptors (Lipinski definition) is 3. The zero-order chi connectivity index (χ0) is 8.85. The molecule has 0 amide bonds. The van der Waals surface area contributed by atoms with Crippen LogP contribution < -0.4 is 5.73 Å². The van der Waals surface area contributed by atoms with Crippen LogP contribution in [0.3, 0.4) is 0 Å². The molecule has 3 heteroatoms. The Balaban J connectivity index is 3.37. The SMILES string of the molecule is CC(C)C(C)OCC(O)CN. The Hall–Kier alpha value is -0.120. The van der Waals surface area contributed by atoms with E-state index in [0.29, 0.717) is 12.5 Å². The smallest absolute Gasteiger partial charge is 0.0895 e. The lowest BCUT2D eigenvalue weighted by atomic mass is 10.1. The first-order valence-electron chi connectivity index (χ1n) is 4.07. The van der Waals surface area contributed by atoms with Crippen molar-refractivity contribution in [2.75, 3.05) is 13.2 Å². The number of hydrogen-bond donors (Lipinski definition) is 2. The molecule has 0 saturated carbocycles. The van der Waals surface area contributed by atoms with E-state index in [0.717, 1.165) is 0 Å². The van der Waals surface area contributed by atoms with Crippen LogP contribution in [0.1, 0.15) is 20.8 Å². The molecule has 2 atom stereocenters. The van der Waals surface area contributed by atoms with Crippen LogP contribution in [0.5, 0.6) is 0 Å². The van der Waals surface area contributed by atoms with E-state index >= 15 is 0 Å². The van der Waals surface area contributed by atoms with Gasteiger partial charge in [0.1, 0.15) is 0 Å². The van der Waals surface area contributed by atoms with Crippen LogP contribution in [0, 0.1) is 5.92 Å². The van der Waals surface area contributed by atoms with Gasteiger partial charge in [-0.15, -0.1) is 0 Å². The molecule has 0 saturated heterocycles. The van der Waals surface area contributed by atoms with Gasteiger partial charge in [0.15, 0.2) is 0 Å². The highest BCUT2D eigenvalue weighted by molar-refractivity contribution is 4.58. The van der Waals surface area contributed by atoms with Gasteiger partial charge in [-0.1, -0.05) is 13.8 Å². The largest absolute Gasteiger partial charge is 0.389 e. The third kappa shape index (κ3) is 5.18. The molecule has 0 heterocycles. The zero-order valence-corrected chi connectivity index (χ0v) is 7.58. The molecule has 0 rings (SSSR count). The minimum Gasteiger partial charge on any atom is -0.389 e. The molecule has 0 radical (unpaired) electrons. The van der Waals surface area contributed by atoms with Crippen molar-refractivity contribution in [2.45, 2.75) is 33.0 Å². The molecule has 3 nitrogen and oxygen atoms in total. The fourth-order valence-corrected chi connectivity index (χ4v) is 0.523. The summed E-state index contributed by atoms with van der Waals surface area (Å²) in [6, 6.07) is 0.